The Bertz CT molecular complexity index is 999. The quantitative estimate of drug-likeness (QED) is 0.560. The third kappa shape index (κ3) is 3.01. The number of benzene rings is 3. The number of fused-ring (bicyclic) bond motifs is 1. The van der Waals surface area contributed by atoms with Crippen LogP contribution in [0.4, 0.5) is 0 Å². The van der Waals surface area contributed by atoms with Gasteiger partial charge in [-0.05, 0) is 45.5 Å². The minimum Gasteiger partial charge on any atom is -0.496 e. The minimum atomic E-state index is 0.307. The molecule has 0 fully saturated rings. The van der Waals surface area contributed by atoms with Crippen molar-refractivity contribution in [2.45, 2.75) is 6.61 Å². The topological polar surface area (TPSA) is 62.1 Å². The average molecular weight is 332 g/mol. The molecule has 6 heteroatoms. The molecule has 0 unspecified atom stereocenters. The maximum atomic E-state index is 5.86. The molecule has 0 aliphatic carbocycles. The summed E-state index contributed by atoms with van der Waals surface area (Å²) in [5.41, 5.74) is 1.77. The van der Waals surface area contributed by atoms with E-state index in [9.17, 15) is 0 Å². The Morgan fingerprint density at radius 2 is 1.64 bits per heavy atom. The van der Waals surface area contributed by atoms with Crippen molar-refractivity contribution in [1.82, 2.24) is 20.2 Å². The van der Waals surface area contributed by atoms with E-state index in [1.165, 1.54) is 0 Å². The summed E-state index contributed by atoms with van der Waals surface area (Å²) in [5.74, 6) is 0.775. The molecule has 0 aliphatic rings. The Morgan fingerprint density at radius 3 is 2.40 bits per heavy atom. The van der Waals surface area contributed by atoms with Gasteiger partial charge in [-0.25, -0.2) is 0 Å². The molecule has 0 spiro atoms. The second-order valence-corrected chi connectivity index (χ2v) is 5.51. The van der Waals surface area contributed by atoms with Gasteiger partial charge in [-0.15, -0.1) is 0 Å². The summed E-state index contributed by atoms with van der Waals surface area (Å²) in [7, 11) is 1.65. The molecule has 3 aromatic carbocycles. The molecule has 0 amide bonds. The summed E-state index contributed by atoms with van der Waals surface area (Å²) < 4.78 is 12.9. The van der Waals surface area contributed by atoms with Crippen molar-refractivity contribution in [3.8, 4) is 17.4 Å². The lowest BCUT2D eigenvalue weighted by Crippen LogP contribution is -2.05. The van der Waals surface area contributed by atoms with Gasteiger partial charge in [0.2, 0.25) is 0 Å². The predicted octanol–water partition coefficient (Wildman–Crippen LogP) is 3.40. The molecule has 6 nitrogen and oxygen atoms in total. The first-order valence-electron chi connectivity index (χ1n) is 7.87. The van der Waals surface area contributed by atoms with E-state index in [2.05, 4.69) is 33.7 Å². The molecule has 0 N–H and O–H groups in total. The van der Waals surface area contributed by atoms with Gasteiger partial charge in [-0.3, -0.25) is 0 Å². The predicted molar refractivity (Wildman–Crippen MR) is 94.0 cm³/mol. The fourth-order valence-corrected chi connectivity index (χ4v) is 2.71. The molecule has 0 bridgehead atoms. The van der Waals surface area contributed by atoms with Gasteiger partial charge in [-0.1, -0.05) is 47.6 Å². The first-order chi connectivity index (χ1) is 12.3. The van der Waals surface area contributed by atoms with Crippen LogP contribution < -0.4 is 9.47 Å². The summed E-state index contributed by atoms with van der Waals surface area (Å²) in [6.45, 7) is 0.307. The Kier molecular flexibility index (Phi) is 4.00. The molecule has 0 radical (unpaired) electrons. The van der Waals surface area contributed by atoms with Crippen LogP contribution in [0, 0.1) is 0 Å². The van der Waals surface area contributed by atoms with Crippen LogP contribution in [0.2, 0.25) is 0 Å². The number of methoxy groups -OCH3 is 1. The number of aromatic nitrogens is 4. The molecule has 0 saturated carbocycles. The van der Waals surface area contributed by atoms with E-state index in [0.717, 1.165) is 27.8 Å². The third-order valence-corrected chi connectivity index (χ3v) is 3.95. The zero-order valence-corrected chi connectivity index (χ0v) is 13.7. The molecular formula is C19H16N4O2. The zero-order chi connectivity index (χ0) is 17.1. The Balaban J connectivity index is 1.62. The van der Waals surface area contributed by atoms with Crippen LogP contribution in [-0.4, -0.2) is 27.3 Å². The highest BCUT2D eigenvalue weighted by molar-refractivity contribution is 5.84. The highest BCUT2D eigenvalue weighted by Gasteiger charge is 2.12. The van der Waals surface area contributed by atoms with Crippen molar-refractivity contribution in [3.05, 3.63) is 72.3 Å². The normalized spacial score (nSPS) is 10.8. The number of hydrogen-bond donors (Lipinski definition) is 0. The van der Waals surface area contributed by atoms with Crippen LogP contribution in [0.5, 0.6) is 11.8 Å². The largest absolute Gasteiger partial charge is 0.496 e. The first-order valence-corrected chi connectivity index (χ1v) is 7.87. The van der Waals surface area contributed by atoms with Gasteiger partial charge < -0.3 is 9.47 Å². The smallest absolute Gasteiger partial charge is 0.340 e. The van der Waals surface area contributed by atoms with E-state index in [-0.39, 0.29) is 0 Å². The second kappa shape index (κ2) is 6.60. The van der Waals surface area contributed by atoms with Crippen molar-refractivity contribution in [2.24, 2.45) is 0 Å². The van der Waals surface area contributed by atoms with Crippen molar-refractivity contribution >= 4 is 10.8 Å². The number of nitrogens with zero attached hydrogens (tertiary/aromatic N) is 4. The van der Waals surface area contributed by atoms with Gasteiger partial charge in [0.15, 0.2) is 0 Å². The van der Waals surface area contributed by atoms with Crippen LogP contribution in [-0.2, 0) is 6.61 Å². The van der Waals surface area contributed by atoms with E-state index >= 15 is 0 Å². The van der Waals surface area contributed by atoms with Crippen molar-refractivity contribution in [2.75, 3.05) is 7.11 Å². The zero-order valence-electron chi connectivity index (χ0n) is 13.7. The van der Waals surface area contributed by atoms with Crippen molar-refractivity contribution in [1.29, 1.82) is 0 Å². The molecule has 0 aliphatic heterocycles. The highest BCUT2D eigenvalue weighted by Crippen LogP contribution is 2.27. The van der Waals surface area contributed by atoms with Gasteiger partial charge in [-0.2, -0.15) is 4.68 Å². The second-order valence-electron chi connectivity index (χ2n) is 5.51. The Labute approximate surface area is 144 Å². The molecule has 4 rings (SSSR count). The Morgan fingerprint density at radius 1 is 0.920 bits per heavy atom. The fourth-order valence-electron chi connectivity index (χ4n) is 2.71. The SMILES string of the molecule is COc1cc2ccccc2cc1COc1nnnn1-c1ccccc1. The summed E-state index contributed by atoms with van der Waals surface area (Å²) in [6, 6.07) is 22.2. The molecule has 124 valence electrons. The number of hydrogen-bond acceptors (Lipinski definition) is 5. The van der Waals surface area contributed by atoms with Crippen molar-refractivity contribution in [3.63, 3.8) is 0 Å². The molecule has 4 aromatic rings. The molecule has 1 heterocycles. The lowest BCUT2D eigenvalue weighted by molar-refractivity contribution is 0.266. The van der Waals surface area contributed by atoms with Crippen LogP contribution in [0.25, 0.3) is 16.5 Å². The average Bonchev–Trinajstić information content (AvgIpc) is 3.15. The summed E-state index contributed by atoms with van der Waals surface area (Å²) in [4.78, 5) is 0. The Hall–Kier alpha value is -3.41. The first kappa shape index (κ1) is 15.1. The van der Waals surface area contributed by atoms with Gasteiger partial charge in [0, 0.05) is 5.56 Å². The summed E-state index contributed by atoms with van der Waals surface area (Å²) >= 11 is 0. The van der Waals surface area contributed by atoms with E-state index in [1.54, 1.807) is 11.8 Å². The number of rotatable bonds is 5. The molecule has 0 saturated heterocycles. The number of tetrazole rings is 1. The van der Waals surface area contributed by atoms with Crippen LogP contribution >= 0.6 is 0 Å². The summed E-state index contributed by atoms with van der Waals surface area (Å²) in [6.07, 6.45) is 0. The van der Waals surface area contributed by atoms with Crippen molar-refractivity contribution < 1.29 is 9.47 Å². The van der Waals surface area contributed by atoms with Gasteiger partial charge in [0.1, 0.15) is 12.4 Å². The van der Waals surface area contributed by atoms with E-state index in [4.69, 9.17) is 9.47 Å². The lowest BCUT2D eigenvalue weighted by Gasteiger charge is -2.11. The maximum Gasteiger partial charge on any atom is 0.340 e. The van der Waals surface area contributed by atoms with E-state index in [1.807, 2.05) is 48.5 Å². The van der Waals surface area contributed by atoms with Gasteiger partial charge >= 0.3 is 6.01 Å². The van der Waals surface area contributed by atoms with Crippen LogP contribution in [0.1, 0.15) is 5.56 Å². The molecule has 25 heavy (non-hydrogen) atoms. The highest BCUT2D eigenvalue weighted by atomic mass is 16.5. The van der Waals surface area contributed by atoms with Crippen LogP contribution in [0.3, 0.4) is 0 Å². The fraction of sp³-hybridized carbons (Fsp3) is 0.105. The summed E-state index contributed by atoms with van der Waals surface area (Å²) in [5, 5.41) is 13.9. The van der Waals surface area contributed by atoms with Crippen LogP contribution in [0.15, 0.2) is 66.7 Å². The van der Waals surface area contributed by atoms with E-state index in [0.29, 0.717) is 12.6 Å². The van der Waals surface area contributed by atoms with E-state index < -0.39 is 0 Å². The molecular weight excluding hydrogens is 316 g/mol. The number of para-hydroxylation sites is 1. The maximum absolute atomic E-state index is 5.86. The third-order valence-electron chi connectivity index (χ3n) is 3.95. The monoisotopic (exact) mass is 332 g/mol. The standard InChI is InChI=1S/C19H16N4O2/c1-24-18-12-15-8-6-5-7-14(15)11-16(18)13-25-19-20-21-22-23(19)17-9-3-2-4-10-17/h2-12H,13H2,1H3. The van der Waals surface area contributed by atoms with Gasteiger partial charge in [0.25, 0.3) is 0 Å². The van der Waals surface area contributed by atoms with Gasteiger partial charge in [0.05, 0.1) is 12.8 Å². The number of ether oxygens (including phenoxy) is 2. The molecule has 0 atom stereocenters. The molecule has 1 aromatic heterocycles. The minimum absolute atomic E-state index is 0.307. The lowest BCUT2D eigenvalue weighted by atomic mass is 10.1.